The fraction of sp³-hybridized carbons (Fsp3) is 0.917. The summed E-state index contributed by atoms with van der Waals surface area (Å²) in [7, 11) is 0. The fourth-order valence-corrected chi connectivity index (χ4v) is 2.23. The minimum Gasteiger partial charge on any atom is -0.395 e. The number of aryl methyl sites for hydroxylation is 1. The molecule has 0 spiro atoms. The average molecular weight is 255 g/mol. The lowest BCUT2D eigenvalue weighted by Gasteiger charge is -2.29. The highest BCUT2D eigenvalue weighted by molar-refractivity contribution is 4.83. The third kappa shape index (κ3) is 4.03. The molecule has 6 heteroatoms. The molecule has 0 unspecified atom stereocenters. The van der Waals surface area contributed by atoms with E-state index in [4.69, 9.17) is 0 Å². The van der Waals surface area contributed by atoms with E-state index in [1.54, 1.807) is 0 Å². The molecule has 0 aliphatic heterocycles. The third-order valence-corrected chi connectivity index (χ3v) is 3.23. The first-order valence-electron chi connectivity index (χ1n) is 6.86. The van der Waals surface area contributed by atoms with Gasteiger partial charge in [0, 0.05) is 19.1 Å². The maximum absolute atomic E-state index is 9.18. The van der Waals surface area contributed by atoms with Crippen LogP contribution in [0.5, 0.6) is 0 Å². The Kier molecular flexibility index (Phi) is 6.82. The maximum Gasteiger partial charge on any atom is 0.165 e. The molecule has 18 heavy (non-hydrogen) atoms. The van der Waals surface area contributed by atoms with Gasteiger partial charge in [-0.05, 0) is 29.7 Å². The largest absolute Gasteiger partial charge is 0.395 e. The molecule has 0 aliphatic carbocycles. The molecule has 1 N–H and O–H groups in total. The predicted molar refractivity (Wildman–Crippen MR) is 70.0 cm³/mol. The van der Waals surface area contributed by atoms with Crippen LogP contribution in [0.25, 0.3) is 0 Å². The monoisotopic (exact) mass is 255 g/mol. The van der Waals surface area contributed by atoms with Crippen LogP contribution in [0.2, 0.25) is 0 Å². The van der Waals surface area contributed by atoms with Gasteiger partial charge in [0.15, 0.2) is 5.82 Å². The van der Waals surface area contributed by atoms with Crippen LogP contribution in [0.15, 0.2) is 0 Å². The Morgan fingerprint density at radius 3 is 2.56 bits per heavy atom. The molecule has 0 radical (unpaired) electrons. The summed E-state index contributed by atoms with van der Waals surface area (Å²) in [6, 6.07) is 0.476. The van der Waals surface area contributed by atoms with Gasteiger partial charge in [-0.15, -0.1) is 5.10 Å². The summed E-state index contributed by atoms with van der Waals surface area (Å²) in [4.78, 5) is 2.26. The molecule has 0 bridgehead atoms. The summed E-state index contributed by atoms with van der Waals surface area (Å²) >= 11 is 0. The molecule has 0 atom stereocenters. The van der Waals surface area contributed by atoms with E-state index in [0.29, 0.717) is 19.1 Å². The van der Waals surface area contributed by atoms with E-state index < -0.39 is 0 Å². The van der Waals surface area contributed by atoms with E-state index in [9.17, 15) is 5.11 Å². The van der Waals surface area contributed by atoms with Gasteiger partial charge >= 0.3 is 0 Å². The van der Waals surface area contributed by atoms with E-state index in [1.807, 2.05) is 4.68 Å². The maximum atomic E-state index is 9.18. The van der Waals surface area contributed by atoms with Crippen LogP contribution in [-0.2, 0) is 13.1 Å². The molecule has 0 aromatic carbocycles. The van der Waals surface area contributed by atoms with Crippen molar-refractivity contribution in [2.45, 2.75) is 59.2 Å². The number of aliphatic hydroxyl groups excluding tert-OH is 1. The van der Waals surface area contributed by atoms with E-state index in [-0.39, 0.29) is 6.61 Å². The second-order valence-corrected chi connectivity index (χ2v) is 4.48. The number of hydrogen-bond acceptors (Lipinski definition) is 5. The van der Waals surface area contributed by atoms with Gasteiger partial charge in [-0.25, -0.2) is 4.68 Å². The standard InChI is InChI=1S/C12H25N5O/c1-4-7-17-12(13-14-15-17)10-16(8-9-18)11(5-2)6-3/h11,18H,4-10H2,1-3H3. The Morgan fingerprint density at radius 1 is 1.28 bits per heavy atom. The van der Waals surface area contributed by atoms with E-state index >= 15 is 0 Å². The van der Waals surface area contributed by atoms with Gasteiger partial charge in [-0.2, -0.15) is 0 Å². The second kappa shape index (κ2) is 8.16. The first-order chi connectivity index (χ1) is 8.76. The molecular formula is C12H25N5O. The van der Waals surface area contributed by atoms with Crippen molar-refractivity contribution in [3.05, 3.63) is 5.82 Å². The van der Waals surface area contributed by atoms with Crippen molar-refractivity contribution >= 4 is 0 Å². The van der Waals surface area contributed by atoms with Gasteiger partial charge < -0.3 is 5.11 Å². The lowest BCUT2D eigenvalue weighted by molar-refractivity contribution is 0.131. The van der Waals surface area contributed by atoms with E-state index in [0.717, 1.165) is 31.6 Å². The minimum absolute atomic E-state index is 0.172. The number of hydrogen-bond donors (Lipinski definition) is 1. The Morgan fingerprint density at radius 2 is 2.00 bits per heavy atom. The normalized spacial score (nSPS) is 11.7. The van der Waals surface area contributed by atoms with Gasteiger partial charge in [-0.1, -0.05) is 20.8 Å². The molecule has 0 fully saturated rings. The molecule has 0 amide bonds. The third-order valence-electron chi connectivity index (χ3n) is 3.23. The Balaban J connectivity index is 2.72. The first-order valence-corrected chi connectivity index (χ1v) is 6.86. The molecule has 1 heterocycles. The Labute approximate surface area is 109 Å². The van der Waals surface area contributed by atoms with Crippen LogP contribution < -0.4 is 0 Å². The van der Waals surface area contributed by atoms with Crippen LogP contribution >= 0.6 is 0 Å². The van der Waals surface area contributed by atoms with E-state index in [2.05, 4.69) is 41.2 Å². The van der Waals surface area contributed by atoms with Crippen LogP contribution in [0.4, 0.5) is 0 Å². The molecule has 104 valence electrons. The molecule has 1 aromatic heterocycles. The molecule has 0 aliphatic rings. The number of rotatable bonds is 9. The van der Waals surface area contributed by atoms with E-state index in [1.165, 1.54) is 0 Å². The average Bonchev–Trinajstić information content (AvgIpc) is 2.79. The zero-order valence-corrected chi connectivity index (χ0v) is 11.7. The molecule has 0 saturated carbocycles. The smallest absolute Gasteiger partial charge is 0.165 e. The highest BCUT2D eigenvalue weighted by Gasteiger charge is 2.18. The minimum atomic E-state index is 0.172. The second-order valence-electron chi connectivity index (χ2n) is 4.48. The van der Waals surface area contributed by atoms with Crippen molar-refractivity contribution < 1.29 is 5.11 Å². The van der Waals surface area contributed by atoms with Crippen LogP contribution in [0.3, 0.4) is 0 Å². The van der Waals surface area contributed by atoms with Crippen LogP contribution in [0, 0.1) is 0 Å². The van der Waals surface area contributed by atoms with Gasteiger partial charge in [-0.3, -0.25) is 4.90 Å². The predicted octanol–water partition coefficient (Wildman–Crippen LogP) is 1.07. The fourth-order valence-electron chi connectivity index (χ4n) is 2.23. The summed E-state index contributed by atoms with van der Waals surface area (Å²) in [6.45, 7) is 8.86. The number of nitrogens with zero attached hydrogens (tertiary/aromatic N) is 5. The summed E-state index contributed by atoms with van der Waals surface area (Å²) in [5.41, 5.74) is 0. The zero-order valence-electron chi connectivity index (χ0n) is 11.7. The lowest BCUT2D eigenvalue weighted by Crippen LogP contribution is -2.37. The molecular weight excluding hydrogens is 230 g/mol. The van der Waals surface area contributed by atoms with Crippen molar-refractivity contribution in [2.24, 2.45) is 0 Å². The molecule has 1 rings (SSSR count). The van der Waals surface area contributed by atoms with Gasteiger partial charge in [0.1, 0.15) is 0 Å². The van der Waals surface area contributed by atoms with Crippen molar-refractivity contribution in [3.63, 3.8) is 0 Å². The highest BCUT2D eigenvalue weighted by atomic mass is 16.3. The lowest BCUT2D eigenvalue weighted by atomic mass is 10.1. The van der Waals surface area contributed by atoms with Crippen molar-refractivity contribution in [1.82, 2.24) is 25.1 Å². The molecule has 6 nitrogen and oxygen atoms in total. The first kappa shape index (κ1) is 15.0. The number of aromatic nitrogens is 4. The number of tetrazole rings is 1. The SMILES string of the molecule is CCCn1nnnc1CN(CCO)C(CC)CC. The topological polar surface area (TPSA) is 67.1 Å². The quantitative estimate of drug-likeness (QED) is 0.715. The van der Waals surface area contributed by atoms with Crippen molar-refractivity contribution in [3.8, 4) is 0 Å². The summed E-state index contributed by atoms with van der Waals surface area (Å²) in [5, 5.41) is 21.0. The highest BCUT2D eigenvalue weighted by Crippen LogP contribution is 2.11. The summed E-state index contributed by atoms with van der Waals surface area (Å²) < 4.78 is 1.85. The summed E-state index contributed by atoms with van der Waals surface area (Å²) in [5.74, 6) is 0.886. The number of aliphatic hydroxyl groups is 1. The molecule has 1 aromatic rings. The van der Waals surface area contributed by atoms with Gasteiger partial charge in [0.05, 0.1) is 13.2 Å². The van der Waals surface area contributed by atoms with Crippen molar-refractivity contribution in [2.75, 3.05) is 13.2 Å². The van der Waals surface area contributed by atoms with Gasteiger partial charge in [0.25, 0.3) is 0 Å². The van der Waals surface area contributed by atoms with Crippen LogP contribution in [-0.4, -0.2) is 49.4 Å². The Hall–Kier alpha value is -1.01. The zero-order chi connectivity index (χ0) is 13.4. The van der Waals surface area contributed by atoms with Crippen molar-refractivity contribution in [1.29, 1.82) is 0 Å². The molecule has 0 saturated heterocycles. The Bertz CT molecular complexity index is 324. The van der Waals surface area contributed by atoms with Gasteiger partial charge in [0.2, 0.25) is 0 Å². The van der Waals surface area contributed by atoms with Crippen LogP contribution in [0.1, 0.15) is 45.9 Å². The summed E-state index contributed by atoms with van der Waals surface area (Å²) in [6.07, 6.45) is 3.17.